The average molecular weight is 1400 g/mol. The number of aliphatic hydroxyl groups is 11. The standard InChI is InChI=1S/C79H143NO18/c1-3-5-7-9-11-13-15-17-19-20-21-22-23-24-25-26-27-28-29-30-31-32-33-34-35-36-37-38-39-40-41-42-43-45-47-49-51-53-55-57-67(85)80-62(63(84)56-54-52-50-48-46-44-18-16-14-12-10-8-6-4-2)61-93-77-73(91)70(88)75(65(59-82)95-77)98-79-74(92)71(89)76(66(60-83)96-79)97-78-72(90)69(87)68(86)64(58-81)94-78/h14-17,20-21,46,48,54,56,62-66,68-79,81-84,86-92H,3-13,18-19,22-45,47,49-53,55,57-61H2,1-2H3,(H,80,85)/b16-14+,17-15-,21-20-,48-46+,56-54+. The van der Waals surface area contributed by atoms with Crippen molar-refractivity contribution in [3.8, 4) is 0 Å². The lowest BCUT2D eigenvalue weighted by Crippen LogP contribution is -2.66. The van der Waals surface area contributed by atoms with E-state index in [1.54, 1.807) is 6.08 Å². The van der Waals surface area contributed by atoms with E-state index in [2.05, 4.69) is 67.8 Å². The zero-order chi connectivity index (χ0) is 71.1. The van der Waals surface area contributed by atoms with E-state index in [0.29, 0.717) is 12.8 Å². The van der Waals surface area contributed by atoms with E-state index in [9.17, 15) is 61.0 Å². The van der Waals surface area contributed by atoms with E-state index in [-0.39, 0.29) is 18.9 Å². The molecule has 3 rings (SSSR count). The van der Waals surface area contributed by atoms with Crippen LogP contribution in [-0.4, -0.2) is 193 Å². The van der Waals surface area contributed by atoms with Crippen molar-refractivity contribution in [2.75, 3.05) is 26.4 Å². The predicted molar refractivity (Wildman–Crippen MR) is 388 cm³/mol. The van der Waals surface area contributed by atoms with Crippen LogP contribution in [0.3, 0.4) is 0 Å². The van der Waals surface area contributed by atoms with Gasteiger partial charge >= 0.3 is 0 Å². The first kappa shape index (κ1) is 89.7. The molecule has 17 unspecified atom stereocenters. The first-order valence-corrected chi connectivity index (χ1v) is 39.5. The molecule has 98 heavy (non-hydrogen) atoms. The third kappa shape index (κ3) is 39.9. The highest BCUT2D eigenvalue weighted by atomic mass is 16.8. The van der Waals surface area contributed by atoms with Gasteiger partial charge in [-0.3, -0.25) is 4.79 Å². The van der Waals surface area contributed by atoms with Crippen LogP contribution in [0, 0.1) is 0 Å². The number of hydrogen-bond donors (Lipinski definition) is 12. The van der Waals surface area contributed by atoms with Crippen LogP contribution in [0.5, 0.6) is 0 Å². The lowest BCUT2D eigenvalue weighted by atomic mass is 9.96. The third-order valence-electron chi connectivity index (χ3n) is 19.5. The minimum absolute atomic E-state index is 0.234. The van der Waals surface area contributed by atoms with Crippen molar-refractivity contribution in [3.63, 3.8) is 0 Å². The van der Waals surface area contributed by atoms with E-state index in [1.165, 1.54) is 218 Å². The maximum atomic E-state index is 13.4. The fourth-order valence-corrected chi connectivity index (χ4v) is 13.1. The van der Waals surface area contributed by atoms with Crippen LogP contribution in [0.4, 0.5) is 0 Å². The molecule has 0 aromatic carbocycles. The van der Waals surface area contributed by atoms with Crippen LogP contribution in [0.25, 0.3) is 0 Å². The van der Waals surface area contributed by atoms with E-state index >= 15 is 0 Å². The van der Waals surface area contributed by atoms with Gasteiger partial charge < -0.3 is 89.9 Å². The summed E-state index contributed by atoms with van der Waals surface area (Å²) in [5, 5.41) is 121. The van der Waals surface area contributed by atoms with Crippen LogP contribution in [-0.2, 0) is 33.2 Å². The van der Waals surface area contributed by atoms with Crippen molar-refractivity contribution >= 4 is 5.91 Å². The number of hydrogen-bond acceptors (Lipinski definition) is 18. The zero-order valence-electron chi connectivity index (χ0n) is 61.0. The van der Waals surface area contributed by atoms with Crippen LogP contribution < -0.4 is 5.32 Å². The van der Waals surface area contributed by atoms with Gasteiger partial charge in [-0.05, 0) is 77.0 Å². The number of allylic oxidation sites excluding steroid dienone is 9. The number of aliphatic hydroxyl groups excluding tert-OH is 11. The molecule has 17 atom stereocenters. The van der Waals surface area contributed by atoms with Crippen molar-refractivity contribution in [2.24, 2.45) is 0 Å². The Kier molecular flexibility index (Phi) is 54.8. The van der Waals surface area contributed by atoms with Crippen LogP contribution in [0.1, 0.15) is 303 Å². The number of nitrogens with one attached hydrogen (secondary N) is 1. The molecule has 0 spiro atoms. The second-order valence-electron chi connectivity index (χ2n) is 28.2. The summed E-state index contributed by atoms with van der Waals surface area (Å²) in [4.78, 5) is 13.4. The van der Waals surface area contributed by atoms with Gasteiger partial charge in [-0.25, -0.2) is 0 Å². The summed E-state index contributed by atoms with van der Waals surface area (Å²) in [6.07, 6.45) is 49.6. The minimum Gasteiger partial charge on any atom is -0.394 e. The first-order chi connectivity index (χ1) is 47.8. The van der Waals surface area contributed by atoms with Crippen LogP contribution >= 0.6 is 0 Å². The second kappa shape index (κ2) is 59.8. The van der Waals surface area contributed by atoms with Crippen molar-refractivity contribution in [1.82, 2.24) is 5.32 Å². The first-order valence-electron chi connectivity index (χ1n) is 39.5. The Morgan fingerprint density at radius 2 is 0.684 bits per heavy atom. The lowest BCUT2D eigenvalue weighted by Gasteiger charge is -2.48. The molecule has 3 saturated heterocycles. The number of amides is 1. The quantitative estimate of drug-likeness (QED) is 0.0199. The molecule has 0 bridgehead atoms. The molecule has 0 aromatic heterocycles. The van der Waals surface area contributed by atoms with Crippen LogP contribution in [0.15, 0.2) is 60.8 Å². The summed E-state index contributed by atoms with van der Waals surface area (Å²) in [6, 6.07) is -0.996. The van der Waals surface area contributed by atoms with Gasteiger partial charge in [-0.2, -0.15) is 0 Å². The van der Waals surface area contributed by atoms with Crippen molar-refractivity contribution in [3.05, 3.63) is 60.8 Å². The summed E-state index contributed by atoms with van der Waals surface area (Å²) < 4.78 is 34.3. The highest BCUT2D eigenvalue weighted by Gasteiger charge is 2.53. The normalized spacial score (nSPS) is 27.1. The SMILES string of the molecule is CCCCCC/C=C/CC/C=C/CC/C=C/C(O)C(COC1OC(CO)C(OC2OC(CO)C(OC3OC(CO)C(O)C(O)C3O)C(O)C2O)C(O)C1O)NC(=O)CCCCCCCCCCCCCCCCCCCCCCCCCCCCC/C=C\C/C=C\CCCCCCC. The Bertz CT molecular complexity index is 2010. The summed E-state index contributed by atoms with van der Waals surface area (Å²) in [5.74, 6) is -0.286. The number of carbonyl (C=O) groups is 1. The van der Waals surface area contributed by atoms with Crippen molar-refractivity contribution < 1.29 is 89.4 Å². The van der Waals surface area contributed by atoms with E-state index < -0.39 is 124 Å². The summed E-state index contributed by atoms with van der Waals surface area (Å²) >= 11 is 0. The monoisotopic (exact) mass is 1390 g/mol. The van der Waals surface area contributed by atoms with E-state index in [1.807, 2.05) is 6.08 Å². The highest BCUT2D eigenvalue weighted by molar-refractivity contribution is 5.76. The lowest BCUT2D eigenvalue weighted by molar-refractivity contribution is -0.379. The largest absolute Gasteiger partial charge is 0.394 e. The van der Waals surface area contributed by atoms with Gasteiger partial charge in [0.1, 0.15) is 73.2 Å². The maximum Gasteiger partial charge on any atom is 0.220 e. The smallest absolute Gasteiger partial charge is 0.220 e. The number of unbranched alkanes of at least 4 members (excludes halogenated alkanes) is 38. The van der Waals surface area contributed by atoms with E-state index in [0.717, 1.165) is 51.4 Å². The van der Waals surface area contributed by atoms with Gasteiger partial charge in [0.15, 0.2) is 18.9 Å². The molecule has 12 N–H and O–H groups in total. The predicted octanol–water partition coefficient (Wildman–Crippen LogP) is 12.7. The Balaban J connectivity index is 1.29. The van der Waals surface area contributed by atoms with Gasteiger partial charge in [0.2, 0.25) is 5.91 Å². The summed E-state index contributed by atoms with van der Waals surface area (Å²) in [5.41, 5.74) is 0. The number of rotatable bonds is 62. The fourth-order valence-electron chi connectivity index (χ4n) is 13.1. The summed E-state index contributed by atoms with van der Waals surface area (Å²) in [7, 11) is 0. The summed E-state index contributed by atoms with van der Waals surface area (Å²) in [6.45, 7) is 1.69. The molecule has 3 fully saturated rings. The van der Waals surface area contributed by atoms with Crippen molar-refractivity contribution in [2.45, 2.75) is 407 Å². The third-order valence-corrected chi connectivity index (χ3v) is 19.5. The van der Waals surface area contributed by atoms with Gasteiger partial charge in [0, 0.05) is 6.42 Å². The molecular formula is C79H143NO18. The molecule has 0 aliphatic carbocycles. The molecule has 1 amide bonds. The molecule has 3 aliphatic heterocycles. The average Bonchev–Trinajstić information content (AvgIpc) is 0.785. The molecular weight excluding hydrogens is 1250 g/mol. The minimum atomic E-state index is -1.98. The Morgan fingerprint density at radius 3 is 1.09 bits per heavy atom. The highest BCUT2D eigenvalue weighted by Crippen LogP contribution is 2.33. The molecule has 572 valence electrons. The maximum absolute atomic E-state index is 13.4. The van der Waals surface area contributed by atoms with Crippen molar-refractivity contribution in [1.29, 1.82) is 0 Å². The Labute approximate surface area is 592 Å². The second-order valence-corrected chi connectivity index (χ2v) is 28.2. The fraction of sp³-hybridized carbons (Fsp3) is 0.861. The number of carbonyl (C=O) groups excluding carboxylic acids is 1. The molecule has 0 aromatic rings. The Hall–Kier alpha value is -2.51. The molecule has 19 nitrogen and oxygen atoms in total. The molecule has 0 saturated carbocycles. The number of ether oxygens (including phenoxy) is 6. The van der Waals surface area contributed by atoms with Gasteiger partial charge in [-0.1, -0.05) is 280 Å². The molecule has 3 heterocycles. The van der Waals surface area contributed by atoms with E-state index in [4.69, 9.17) is 28.4 Å². The molecule has 0 radical (unpaired) electrons. The topological polar surface area (TPSA) is 307 Å². The van der Waals surface area contributed by atoms with Gasteiger partial charge in [0.25, 0.3) is 0 Å². The van der Waals surface area contributed by atoms with Crippen LogP contribution in [0.2, 0.25) is 0 Å². The molecule has 19 heteroatoms. The molecule has 3 aliphatic rings. The Morgan fingerprint density at radius 1 is 0.367 bits per heavy atom. The van der Waals surface area contributed by atoms with Gasteiger partial charge in [0.05, 0.1) is 38.6 Å². The zero-order valence-corrected chi connectivity index (χ0v) is 61.0. The van der Waals surface area contributed by atoms with Gasteiger partial charge in [-0.15, -0.1) is 0 Å².